The highest BCUT2D eigenvalue weighted by molar-refractivity contribution is 6.32. The minimum Gasteiger partial charge on any atom is -0.355 e. The molecule has 2 nitrogen and oxygen atoms in total. The van der Waals surface area contributed by atoms with Gasteiger partial charge < -0.3 is 5.32 Å². The molecule has 12 heavy (non-hydrogen) atoms. The lowest BCUT2D eigenvalue weighted by atomic mass is 10.00. The van der Waals surface area contributed by atoms with Crippen molar-refractivity contribution in [2.75, 3.05) is 7.05 Å². The van der Waals surface area contributed by atoms with Crippen molar-refractivity contribution >= 4 is 17.5 Å². The minimum atomic E-state index is -0.0981. The molecule has 0 aliphatic heterocycles. The summed E-state index contributed by atoms with van der Waals surface area (Å²) >= 11 is 5.90. The van der Waals surface area contributed by atoms with Crippen molar-refractivity contribution < 1.29 is 4.79 Å². The smallest absolute Gasteiger partial charge is 0.252 e. The summed E-state index contributed by atoms with van der Waals surface area (Å²) in [7, 11) is 1.61. The molecule has 0 unspecified atom stereocenters. The third-order valence-corrected chi connectivity index (χ3v) is 2.29. The number of amides is 1. The van der Waals surface area contributed by atoms with Gasteiger partial charge in [-0.15, -0.1) is 0 Å². The Hall–Kier alpha value is -0.760. The monoisotopic (exact) mass is 185 g/mol. The highest BCUT2D eigenvalue weighted by Gasteiger charge is 2.14. The number of nitrogens with one attached hydrogen (secondary N) is 1. The predicted molar refractivity (Wildman–Crippen MR) is 49.9 cm³/mol. The fourth-order valence-corrected chi connectivity index (χ4v) is 1.40. The fraction of sp³-hybridized carbons (Fsp3) is 0.444. The third-order valence-electron chi connectivity index (χ3n) is 1.89. The molecule has 0 fully saturated rings. The van der Waals surface area contributed by atoms with E-state index in [1.165, 1.54) is 5.57 Å². The highest BCUT2D eigenvalue weighted by atomic mass is 35.5. The van der Waals surface area contributed by atoms with E-state index < -0.39 is 0 Å². The molecule has 1 aliphatic rings. The molecule has 3 heteroatoms. The number of carbonyl (C=O) groups is 1. The zero-order valence-electron chi connectivity index (χ0n) is 7.28. The van der Waals surface area contributed by atoms with E-state index in [0.717, 1.165) is 12.8 Å². The van der Waals surface area contributed by atoms with E-state index in [1.54, 1.807) is 7.05 Å². The molecule has 1 aliphatic carbocycles. The molecule has 66 valence electrons. The van der Waals surface area contributed by atoms with Crippen molar-refractivity contribution in [3.05, 3.63) is 22.3 Å². The fourth-order valence-electron chi connectivity index (χ4n) is 1.16. The van der Waals surface area contributed by atoms with Gasteiger partial charge in [-0.05, 0) is 25.8 Å². The number of allylic oxidation sites excluding steroid dienone is 2. The average molecular weight is 186 g/mol. The first-order valence-electron chi connectivity index (χ1n) is 3.93. The molecule has 0 aromatic rings. The molecule has 0 radical (unpaired) electrons. The van der Waals surface area contributed by atoms with Crippen LogP contribution in [0.5, 0.6) is 0 Å². The lowest BCUT2D eigenvalue weighted by molar-refractivity contribution is -0.116. The number of hydrogen-bond donors (Lipinski definition) is 1. The molecule has 1 N–H and O–H groups in total. The Balaban J connectivity index is 2.93. The SMILES string of the molecule is CNC(=O)C1=C(Cl)CCC(C)=C1. The number of hydrogen-bond acceptors (Lipinski definition) is 1. The lowest BCUT2D eigenvalue weighted by Crippen LogP contribution is -2.21. The molecule has 0 aromatic carbocycles. The summed E-state index contributed by atoms with van der Waals surface area (Å²) in [5, 5.41) is 3.23. The standard InChI is InChI=1S/C9H12ClNO/c1-6-3-4-8(10)7(5-6)9(12)11-2/h5H,3-4H2,1-2H3,(H,11,12). The maximum Gasteiger partial charge on any atom is 0.252 e. The van der Waals surface area contributed by atoms with E-state index in [-0.39, 0.29) is 5.91 Å². The van der Waals surface area contributed by atoms with Gasteiger partial charge in [-0.2, -0.15) is 0 Å². The molecule has 0 atom stereocenters. The quantitative estimate of drug-likeness (QED) is 0.665. The molecule has 0 aromatic heterocycles. The number of rotatable bonds is 1. The number of likely N-dealkylation sites (N-methyl/N-ethyl adjacent to an activating group) is 1. The van der Waals surface area contributed by atoms with Crippen LogP contribution in [0.2, 0.25) is 0 Å². The molecule has 1 amide bonds. The highest BCUT2D eigenvalue weighted by Crippen LogP contribution is 2.26. The summed E-state index contributed by atoms with van der Waals surface area (Å²) in [6.45, 7) is 2.01. The van der Waals surface area contributed by atoms with Crippen LogP contribution < -0.4 is 5.32 Å². The average Bonchev–Trinajstić information content (AvgIpc) is 2.08. The maximum atomic E-state index is 11.2. The van der Waals surface area contributed by atoms with Crippen LogP contribution in [0.15, 0.2) is 22.3 Å². The van der Waals surface area contributed by atoms with Crippen LogP contribution in [0.4, 0.5) is 0 Å². The van der Waals surface area contributed by atoms with Crippen LogP contribution in [0, 0.1) is 0 Å². The molecule has 0 bridgehead atoms. The van der Waals surface area contributed by atoms with Gasteiger partial charge in [0.1, 0.15) is 0 Å². The van der Waals surface area contributed by atoms with Gasteiger partial charge in [0, 0.05) is 12.1 Å². The lowest BCUT2D eigenvalue weighted by Gasteiger charge is -2.12. The van der Waals surface area contributed by atoms with E-state index in [4.69, 9.17) is 11.6 Å². The Labute approximate surface area is 77.3 Å². The van der Waals surface area contributed by atoms with Crippen molar-refractivity contribution in [2.24, 2.45) is 0 Å². The van der Waals surface area contributed by atoms with Gasteiger partial charge in [0.05, 0.1) is 5.57 Å². The van der Waals surface area contributed by atoms with E-state index in [9.17, 15) is 4.79 Å². The predicted octanol–water partition coefficient (Wildman–Crippen LogP) is 1.97. The summed E-state index contributed by atoms with van der Waals surface area (Å²) in [5.41, 5.74) is 1.82. The van der Waals surface area contributed by atoms with Gasteiger partial charge >= 0.3 is 0 Å². The van der Waals surface area contributed by atoms with Crippen molar-refractivity contribution in [3.8, 4) is 0 Å². The summed E-state index contributed by atoms with van der Waals surface area (Å²) < 4.78 is 0. The zero-order chi connectivity index (χ0) is 9.14. The number of carbonyl (C=O) groups excluding carboxylic acids is 1. The van der Waals surface area contributed by atoms with E-state index >= 15 is 0 Å². The summed E-state index contributed by atoms with van der Waals surface area (Å²) in [4.78, 5) is 11.2. The number of halogens is 1. The van der Waals surface area contributed by atoms with Crippen molar-refractivity contribution in [1.82, 2.24) is 5.32 Å². The molecule has 0 heterocycles. The van der Waals surface area contributed by atoms with Gasteiger partial charge in [0.15, 0.2) is 0 Å². The second-order valence-corrected chi connectivity index (χ2v) is 3.34. The molecule has 0 saturated carbocycles. The second kappa shape index (κ2) is 3.76. The van der Waals surface area contributed by atoms with Gasteiger partial charge in [0.25, 0.3) is 5.91 Å². The third kappa shape index (κ3) is 1.89. The molecular formula is C9H12ClNO. The zero-order valence-corrected chi connectivity index (χ0v) is 8.03. The summed E-state index contributed by atoms with van der Waals surface area (Å²) in [6, 6.07) is 0. The first kappa shape index (κ1) is 9.33. The second-order valence-electron chi connectivity index (χ2n) is 2.89. The first-order valence-corrected chi connectivity index (χ1v) is 4.31. The van der Waals surface area contributed by atoms with Gasteiger partial charge in [-0.25, -0.2) is 0 Å². The maximum absolute atomic E-state index is 11.2. The van der Waals surface area contributed by atoms with E-state index in [2.05, 4.69) is 5.32 Å². The summed E-state index contributed by atoms with van der Waals surface area (Å²) in [6.07, 6.45) is 3.59. The van der Waals surface area contributed by atoms with Gasteiger partial charge in [0.2, 0.25) is 0 Å². The van der Waals surface area contributed by atoms with Crippen molar-refractivity contribution in [2.45, 2.75) is 19.8 Å². The Kier molecular flexibility index (Phi) is 2.93. The van der Waals surface area contributed by atoms with Crippen LogP contribution in [0.3, 0.4) is 0 Å². The molecule has 0 spiro atoms. The van der Waals surface area contributed by atoms with Crippen molar-refractivity contribution in [1.29, 1.82) is 0 Å². The summed E-state index contributed by atoms with van der Waals surface area (Å²) in [5.74, 6) is -0.0981. The Morgan fingerprint density at radius 2 is 2.25 bits per heavy atom. The van der Waals surface area contributed by atoms with Crippen LogP contribution in [0.1, 0.15) is 19.8 Å². The molecule has 1 rings (SSSR count). The van der Waals surface area contributed by atoms with Gasteiger partial charge in [-0.3, -0.25) is 4.79 Å². The van der Waals surface area contributed by atoms with Crippen LogP contribution in [0.25, 0.3) is 0 Å². The van der Waals surface area contributed by atoms with E-state index in [1.807, 2.05) is 13.0 Å². The van der Waals surface area contributed by atoms with Crippen molar-refractivity contribution in [3.63, 3.8) is 0 Å². The normalized spacial score (nSPS) is 17.4. The van der Waals surface area contributed by atoms with E-state index in [0.29, 0.717) is 10.6 Å². The molecule has 0 saturated heterocycles. The first-order chi connectivity index (χ1) is 5.65. The van der Waals surface area contributed by atoms with Crippen LogP contribution >= 0.6 is 11.6 Å². The largest absolute Gasteiger partial charge is 0.355 e. The topological polar surface area (TPSA) is 29.1 Å². The van der Waals surface area contributed by atoms with Crippen LogP contribution in [-0.4, -0.2) is 13.0 Å². The Bertz CT molecular complexity index is 266. The molecular weight excluding hydrogens is 174 g/mol. The van der Waals surface area contributed by atoms with Gasteiger partial charge in [-0.1, -0.05) is 17.2 Å². The minimum absolute atomic E-state index is 0.0981. The Morgan fingerprint density at radius 1 is 1.58 bits per heavy atom. The Morgan fingerprint density at radius 3 is 2.83 bits per heavy atom. The van der Waals surface area contributed by atoms with Crippen LogP contribution in [-0.2, 0) is 4.79 Å².